The van der Waals surface area contributed by atoms with E-state index in [1.165, 1.54) is 218 Å². The lowest BCUT2D eigenvalue weighted by atomic mass is 9.85. The van der Waals surface area contributed by atoms with Crippen molar-refractivity contribution in [1.82, 2.24) is 17.6 Å². The number of fused-ring (bicyclic) bond motifs is 28. The van der Waals surface area contributed by atoms with E-state index >= 15 is 0 Å². The van der Waals surface area contributed by atoms with Gasteiger partial charge in [0.1, 0.15) is 0 Å². The first-order chi connectivity index (χ1) is 42.8. The fourth-order valence-corrected chi connectivity index (χ4v) is 17.1. The molecule has 4 heteroatoms. The average molecular weight is 1120 g/mol. The van der Waals surface area contributed by atoms with Crippen molar-refractivity contribution in [1.29, 1.82) is 0 Å². The first-order valence-corrected chi connectivity index (χ1v) is 31.3. The van der Waals surface area contributed by atoms with Crippen LogP contribution in [0, 0.1) is 0 Å². The van der Waals surface area contributed by atoms with Gasteiger partial charge in [0.25, 0.3) is 0 Å². The van der Waals surface area contributed by atoms with Crippen LogP contribution in [0.15, 0.2) is 218 Å². The van der Waals surface area contributed by atoms with Crippen molar-refractivity contribution in [2.75, 3.05) is 0 Å². The quantitative estimate of drug-likeness (QED) is 0.156. The molecule has 0 bridgehead atoms. The van der Waals surface area contributed by atoms with Gasteiger partial charge in [-0.1, -0.05) is 151 Å². The zero-order valence-electron chi connectivity index (χ0n) is 49.6. The summed E-state index contributed by atoms with van der Waals surface area (Å²) in [5.41, 5.74) is 20.5. The van der Waals surface area contributed by atoms with Gasteiger partial charge in [-0.25, -0.2) is 0 Å². The van der Waals surface area contributed by atoms with Gasteiger partial charge in [0.15, 0.2) is 0 Å². The number of hydrogen-bond donors (Lipinski definition) is 0. The molecule has 0 aliphatic rings. The second-order valence-corrected chi connectivity index (χ2v) is 28.2. The zero-order valence-corrected chi connectivity index (χ0v) is 49.6. The monoisotopic (exact) mass is 1120 g/mol. The lowest BCUT2D eigenvalue weighted by Crippen LogP contribution is -2.10. The molecule has 22 aromatic rings. The standard InChI is InChI=1S/C84H54N4/c1-83(2,3)53-35-67-61-28-44-14-8-10-16-46(44)32-73(61)87-77-41-66-70-38-54(84(4,5)6)36-68-62-30-52-26-48(22-24-50(52)34-74(62)88(82(68)70)78(66)42-65(77)69(37-53)81(67)87)47-21-23-49-33-72-60(29-51(49)25-47)56-18-12-20-58-64-39-75-63(40-76(64)86(72)80(56)58)57-19-11-17-55-59-27-43-13-7-9-15-45(43)31-71(59)85(75)79(55)57/h7-42H,1-6H3. The molecule has 8 aromatic heterocycles. The highest BCUT2D eigenvalue weighted by atomic mass is 15.0. The van der Waals surface area contributed by atoms with Crippen molar-refractivity contribution in [2.45, 2.75) is 52.4 Å². The predicted octanol–water partition coefficient (Wildman–Crippen LogP) is 23.2. The average Bonchev–Trinajstić information content (AvgIpc) is 1.55. The minimum absolute atomic E-state index is 0.0193. The Morgan fingerprint density at radius 1 is 0.193 bits per heavy atom. The van der Waals surface area contributed by atoms with Crippen LogP contribution in [0.4, 0.5) is 0 Å². The molecule has 0 unspecified atom stereocenters. The predicted molar refractivity (Wildman–Crippen MR) is 378 cm³/mol. The number of nitrogens with zero attached hydrogens (tertiary/aromatic N) is 4. The third-order valence-electron chi connectivity index (χ3n) is 21.4. The van der Waals surface area contributed by atoms with Gasteiger partial charge in [0.05, 0.1) is 66.2 Å². The van der Waals surface area contributed by atoms with E-state index in [-0.39, 0.29) is 10.8 Å². The second-order valence-electron chi connectivity index (χ2n) is 28.2. The van der Waals surface area contributed by atoms with Crippen LogP contribution in [-0.2, 0) is 10.8 Å². The number of hydrogen-bond acceptors (Lipinski definition) is 0. The Morgan fingerprint density at radius 3 is 0.773 bits per heavy atom. The lowest BCUT2D eigenvalue weighted by Gasteiger charge is -2.19. The molecule has 0 N–H and O–H groups in total. The van der Waals surface area contributed by atoms with Crippen LogP contribution in [0.5, 0.6) is 0 Å². The molecule has 4 nitrogen and oxygen atoms in total. The van der Waals surface area contributed by atoms with Gasteiger partial charge in [0.2, 0.25) is 0 Å². The van der Waals surface area contributed by atoms with Crippen LogP contribution < -0.4 is 0 Å². The molecule has 0 saturated heterocycles. The van der Waals surface area contributed by atoms with Crippen molar-refractivity contribution in [2.24, 2.45) is 0 Å². The van der Waals surface area contributed by atoms with Gasteiger partial charge in [-0.05, 0) is 185 Å². The number of para-hydroxylation sites is 2. The highest BCUT2D eigenvalue weighted by Gasteiger charge is 2.29. The highest BCUT2D eigenvalue weighted by molar-refractivity contribution is 6.33. The maximum absolute atomic E-state index is 2.61. The van der Waals surface area contributed by atoms with Crippen LogP contribution in [0.1, 0.15) is 52.7 Å². The molecular formula is C84H54N4. The summed E-state index contributed by atoms with van der Waals surface area (Å²) in [4.78, 5) is 0. The number of aromatic nitrogens is 4. The molecular weight excluding hydrogens is 1060 g/mol. The minimum Gasteiger partial charge on any atom is -0.308 e. The Labute approximate surface area is 503 Å². The summed E-state index contributed by atoms with van der Waals surface area (Å²) < 4.78 is 10.3. The van der Waals surface area contributed by atoms with Crippen molar-refractivity contribution < 1.29 is 0 Å². The largest absolute Gasteiger partial charge is 0.308 e. The number of benzene rings is 14. The molecule has 88 heavy (non-hydrogen) atoms. The SMILES string of the molecule is CC(C)(C)c1cc2c3cc4ccccc4cc3n3c4cc5c6cc(C(C)(C)C)cc7c8cc9cc(-c%10ccc%11cc%12c(cc%11c%10)c%10cccc%11c%13cc%14c(cc%13n%12c%10%11)c%10cccc%11c%12cc%13ccccc%13cc%12n%14c%11%10)ccc9cc8n(c5cc4c(c1)c23)c76. The van der Waals surface area contributed by atoms with Gasteiger partial charge in [0, 0.05) is 86.2 Å². The van der Waals surface area contributed by atoms with Crippen molar-refractivity contribution in [3.63, 3.8) is 0 Å². The maximum atomic E-state index is 2.61. The Morgan fingerprint density at radius 2 is 0.443 bits per heavy atom. The summed E-state index contributed by atoms with van der Waals surface area (Å²) in [7, 11) is 0. The smallest absolute Gasteiger partial charge is 0.0620 e. The topological polar surface area (TPSA) is 17.6 Å². The first kappa shape index (κ1) is 46.6. The summed E-state index contributed by atoms with van der Waals surface area (Å²) in [6.07, 6.45) is 0. The normalized spacial score (nSPS) is 13.6. The van der Waals surface area contributed by atoms with Crippen LogP contribution in [-0.4, -0.2) is 17.6 Å². The second kappa shape index (κ2) is 15.1. The molecule has 0 aliphatic heterocycles. The van der Waals surface area contributed by atoms with Gasteiger partial charge in [-0.2, -0.15) is 0 Å². The van der Waals surface area contributed by atoms with E-state index in [0.717, 1.165) is 0 Å². The van der Waals surface area contributed by atoms with Crippen molar-refractivity contribution in [3.05, 3.63) is 230 Å². The summed E-state index contributed by atoms with van der Waals surface area (Å²) in [5, 5.41) is 31.1. The van der Waals surface area contributed by atoms with Crippen LogP contribution in [0.3, 0.4) is 0 Å². The lowest BCUT2D eigenvalue weighted by molar-refractivity contribution is 0.591. The Kier molecular flexibility index (Phi) is 8.00. The van der Waals surface area contributed by atoms with Gasteiger partial charge >= 0.3 is 0 Å². The van der Waals surface area contributed by atoms with E-state index < -0.39 is 0 Å². The van der Waals surface area contributed by atoms with E-state index in [1.54, 1.807) is 0 Å². The molecule has 0 atom stereocenters. The molecule has 0 saturated carbocycles. The van der Waals surface area contributed by atoms with Crippen molar-refractivity contribution in [3.8, 4) is 11.1 Å². The van der Waals surface area contributed by atoms with E-state index in [1.807, 2.05) is 0 Å². The third kappa shape index (κ3) is 5.57. The third-order valence-corrected chi connectivity index (χ3v) is 21.4. The molecule has 14 aromatic carbocycles. The van der Waals surface area contributed by atoms with E-state index in [9.17, 15) is 0 Å². The minimum atomic E-state index is -0.0530. The summed E-state index contributed by atoms with van der Waals surface area (Å²) >= 11 is 0. The van der Waals surface area contributed by atoms with Crippen LogP contribution in [0.2, 0.25) is 0 Å². The highest BCUT2D eigenvalue weighted by Crippen LogP contribution is 2.50. The molecule has 0 fully saturated rings. The van der Waals surface area contributed by atoms with Crippen LogP contribution in [0.25, 0.3) is 207 Å². The number of rotatable bonds is 1. The summed E-state index contributed by atoms with van der Waals surface area (Å²) in [6.45, 7) is 14.1. The first-order valence-electron chi connectivity index (χ1n) is 31.3. The van der Waals surface area contributed by atoms with Crippen molar-refractivity contribution >= 4 is 195 Å². The van der Waals surface area contributed by atoms with E-state index in [0.29, 0.717) is 0 Å². The molecule has 0 amide bonds. The Hall–Kier alpha value is -10.7. The Balaban J connectivity index is 0.719. The fourth-order valence-electron chi connectivity index (χ4n) is 17.1. The molecule has 0 spiro atoms. The van der Waals surface area contributed by atoms with Gasteiger partial charge < -0.3 is 17.6 Å². The molecule has 0 radical (unpaired) electrons. The molecule has 410 valence electrons. The zero-order chi connectivity index (χ0) is 57.9. The maximum Gasteiger partial charge on any atom is 0.0620 e. The van der Waals surface area contributed by atoms with E-state index in [2.05, 4.69) is 278 Å². The summed E-state index contributed by atoms with van der Waals surface area (Å²) in [5.74, 6) is 0. The Bertz CT molecular complexity index is 6980. The molecule has 8 heterocycles. The fraction of sp³-hybridized carbons (Fsp3) is 0.0952. The van der Waals surface area contributed by atoms with Crippen LogP contribution >= 0.6 is 0 Å². The molecule has 0 aliphatic carbocycles. The van der Waals surface area contributed by atoms with Gasteiger partial charge in [-0.15, -0.1) is 0 Å². The van der Waals surface area contributed by atoms with Gasteiger partial charge in [-0.3, -0.25) is 0 Å². The van der Waals surface area contributed by atoms with E-state index in [4.69, 9.17) is 0 Å². The summed E-state index contributed by atoms with van der Waals surface area (Å²) in [6, 6.07) is 85.2. The molecule has 22 rings (SSSR count).